The van der Waals surface area contributed by atoms with E-state index in [1.54, 1.807) is 0 Å². The first-order chi connectivity index (χ1) is 13.2. The topological polar surface area (TPSA) is 75.7 Å². The van der Waals surface area contributed by atoms with Gasteiger partial charge in [-0.1, -0.05) is 17.7 Å². The van der Waals surface area contributed by atoms with E-state index in [-0.39, 0.29) is 46.5 Å². The molecule has 0 saturated carbocycles. The molecule has 1 fully saturated rings. The molecular formula is C19H20ClFN2O4S. The maximum absolute atomic E-state index is 13.9. The fourth-order valence-electron chi connectivity index (χ4n) is 3.05. The number of carbonyl (C=O) groups excluding carboxylic acids is 1. The Labute approximate surface area is 168 Å². The quantitative estimate of drug-likeness (QED) is 0.811. The Bertz CT molecular complexity index is 972. The molecule has 1 aliphatic rings. The highest BCUT2D eigenvalue weighted by atomic mass is 35.5. The molecule has 0 aliphatic carbocycles. The molecule has 0 bridgehead atoms. The van der Waals surface area contributed by atoms with Gasteiger partial charge in [-0.25, -0.2) is 12.8 Å². The molecule has 0 radical (unpaired) electrons. The number of rotatable bonds is 4. The second kappa shape index (κ2) is 8.16. The number of amides is 1. The van der Waals surface area contributed by atoms with Gasteiger partial charge in [0.15, 0.2) is 5.82 Å². The van der Waals surface area contributed by atoms with Crippen molar-refractivity contribution in [3.63, 3.8) is 0 Å². The SMILES string of the molecule is C[C@H]1CN(S(=O)(=O)c2ccc(C(=O)Nc3cccc(Cl)c3F)cc2)C[C@H](C)O1. The number of nitrogens with one attached hydrogen (secondary N) is 1. The predicted molar refractivity (Wildman–Crippen MR) is 105 cm³/mol. The molecule has 0 unspecified atom stereocenters. The highest BCUT2D eigenvalue weighted by Gasteiger charge is 2.32. The van der Waals surface area contributed by atoms with Crippen LogP contribution in [0.5, 0.6) is 0 Å². The number of hydrogen-bond acceptors (Lipinski definition) is 4. The van der Waals surface area contributed by atoms with Crippen LogP contribution in [0.4, 0.5) is 10.1 Å². The Hall–Kier alpha value is -2.00. The summed E-state index contributed by atoms with van der Waals surface area (Å²) >= 11 is 5.70. The van der Waals surface area contributed by atoms with Crippen molar-refractivity contribution < 1.29 is 22.3 Å². The summed E-state index contributed by atoms with van der Waals surface area (Å²) in [6.07, 6.45) is -0.396. The lowest BCUT2D eigenvalue weighted by molar-refractivity contribution is -0.0440. The summed E-state index contributed by atoms with van der Waals surface area (Å²) < 4.78 is 46.6. The van der Waals surface area contributed by atoms with Crippen molar-refractivity contribution in [3.8, 4) is 0 Å². The second-order valence-corrected chi connectivity index (χ2v) is 9.00. The van der Waals surface area contributed by atoms with Gasteiger partial charge in [-0.15, -0.1) is 0 Å². The van der Waals surface area contributed by atoms with Crippen LogP contribution < -0.4 is 5.32 Å². The third kappa shape index (κ3) is 4.35. The normalized spacial score (nSPS) is 20.7. The standard InChI is InChI=1S/C19H20ClFN2O4S/c1-12-10-23(11-13(2)27-12)28(25,26)15-8-6-14(7-9-15)19(24)22-17-5-3-4-16(20)18(17)21/h3-9,12-13H,10-11H2,1-2H3,(H,22,24)/t12-,13-/m0/s1. The van der Waals surface area contributed by atoms with Crippen LogP contribution >= 0.6 is 11.6 Å². The minimum Gasteiger partial charge on any atom is -0.373 e. The van der Waals surface area contributed by atoms with Crippen LogP contribution in [0.2, 0.25) is 5.02 Å². The van der Waals surface area contributed by atoms with Crippen molar-refractivity contribution in [1.29, 1.82) is 0 Å². The van der Waals surface area contributed by atoms with E-state index in [1.165, 1.54) is 46.8 Å². The molecular weight excluding hydrogens is 407 g/mol. The van der Waals surface area contributed by atoms with E-state index in [0.717, 1.165) is 0 Å². The van der Waals surface area contributed by atoms with Gasteiger partial charge in [-0.2, -0.15) is 4.31 Å². The highest BCUT2D eigenvalue weighted by molar-refractivity contribution is 7.89. The van der Waals surface area contributed by atoms with E-state index in [4.69, 9.17) is 16.3 Å². The van der Waals surface area contributed by atoms with Gasteiger partial charge in [0, 0.05) is 18.7 Å². The van der Waals surface area contributed by atoms with Gasteiger partial charge in [0.1, 0.15) is 0 Å². The zero-order valence-corrected chi connectivity index (χ0v) is 16.9. The number of nitrogens with zero attached hydrogens (tertiary/aromatic N) is 1. The molecule has 2 atom stereocenters. The first kappa shape index (κ1) is 20.7. The molecule has 1 aliphatic heterocycles. The minimum atomic E-state index is -3.70. The van der Waals surface area contributed by atoms with Gasteiger partial charge in [0.25, 0.3) is 5.91 Å². The molecule has 6 nitrogen and oxygen atoms in total. The number of anilines is 1. The van der Waals surface area contributed by atoms with Crippen LogP contribution in [0, 0.1) is 5.82 Å². The summed E-state index contributed by atoms with van der Waals surface area (Å²) in [5.74, 6) is -1.30. The molecule has 1 N–H and O–H groups in total. The first-order valence-electron chi connectivity index (χ1n) is 8.69. The Morgan fingerprint density at radius 3 is 2.36 bits per heavy atom. The monoisotopic (exact) mass is 426 g/mol. The van der Waals surface area contributed by atoms with Crippen molar-refractivity contribution >= 4 is 33.2 Å². The fourth-order valence-corrected chi connectivity index (χ4v) is 4.81. The van der Waals surface area contributed by atoms with Crippen LogP contribution in [0.15, 0.2) is 47.4 Å². The third-order valence-corrected chi connectivity index (χ3v) is 6.48. The van der Waals surface area contributed by atoms with Crippen molar-refractivity contribution in [2.75, 3.05) is 18.4 Å². The maximum atomic E-state index is 13.9. The average Bonchev–Trinajstić information content (AvgIpc) is 2.64. The zero-order valence-electron chi connectivity index (χ0n) is 15.4. The van der Waals surface area contributed by atoms with Crippen molar-refractivity contribution in [2.24, 2.45) is 0 Å². The summed E-state index contributed by atoms with van der Waals surface area (Å²) in [6.45, 7) is 4.17. The van der Waals surface area contributed by atoms with E-state index in [9.17, 15) is 17.6 Å². The minimum absolute atomic E-state index is 0.0505. The Balaban J connectivity index is 1.77. The van der Waals surface area contributed by atoms with Crippen LogP contribution in [0.3, 0.4) is 0 Å². The lowest BCUT2D eigenvalue weighted by atomic mass is 10.2. The largest absolute Gasteiger partial charge is 0.373 e. The van der Waals surface area contributed by atoms with Crippen LogP contribution in [-0.4, -0.2) is 43.9 Å². The van der Waals surface area contributed by atoms with E-state index in [2.05, 4.69) is 5.32 Å². The number of morpholine rings is 1. The van der Waals surface area contributed by atoms with Crippen molar-refractivity contribution in [3.05, 3.63) is 58.9 Å². The zero-order chi connectivity index (χ0) is 20.5. The molecule has 28 heavy (non-hydrogen) atoms. The maximum Gasteiger partial charge on any atom is 0.255 e. The van der Waals surface area contributed by atoms with Crippen LogP contribution in [0.1, 0.15) is 24.2 Å². The summed E-state index contributed by atoms with van der Waals surface area (Å²) in [5, 5.41) is 2.32. The number of carbonyl (C=O) groups is 1. The van der Waals surface area contributed by atoms with E-state index < -0.39 is 21.7 Å². The van der Waals surface area contributed by atoms with E-state index >= 15 is 0 Å². The van der Waals surface area contributed by atoms with Gasteiger partial charge in [-0.05, 0) is 50.2 Å². The van der Waals surface area contributed by atoms with Gasteiger partial charge >= 0.3 is 0 Å². The number of halogens is 2. The summed E-state index contributed by atoms with van der Waals surface area (Å²) in [4.78, 5) is 12.4. The molecule has 2 aromatic carbocycles. The van der Waals surface area contributed by atoms with Gasteiger partial charge < -0.3 is 10.1 Å². The first-order valence-corrected chi connectivity index (χ1v) is 10.5. The molecule has 150 valence electrons. The number of benzene rings is 2. The Morgan fingerprint density at radius 1 is 1.14 bits per heavy atom. The number of ether oxygens (including phenoxy) is 1. The molecule has 0 aromatic heterocycles. The highest BCUT2D eigenvalue weighted by Crippen LogP contribution is 2.24. The summed E-state index contributed by atoms with van der Waals surface area (Å²) in [6, 6.07) is 9.78. The summed E-state index contributed by atoms with van der Waals surface area (Å²) in [5.41, 5.74) is 0.146. The summed E-state index contributed by atoms with van der Waals surface area (Å²) in [7, 11) is -3.70. The molecule has 1 amide bonds. The third-order valence-electron chi connectivity index (χ3n) is 4.34. The van der Waals surface area contributed by atoms with Crippen molar-refractivity contribution in [1.82, 2.24) is 4.31 Å². The average molecular weight is 427 g/mol. The van der Waals surface area contributed by atoms with Crippen LogP contribution in [-0.2, 0) is 14.8 Å². The number of hydrogen-bond donors (Lipinski definition) is 1. The fraction of sp³-hybridized carbons (Fsp3) is 0.316. The van der Waals surface area contributed by atoms with Crippen LogP contribution in [0.25, 0.3) is 0 Å². The van der Waals surface area contributed by atoms with Gasteiger partial charge in [0.2, 0.25) is 10.0 Å². The van der Waals surface area contributed by atoms with E-state index in [1.807, 2.05) is 13.8 Å². The Kier molecular flexibility index (Phi) is 6.04. The molecule has 1 saturated heterocycles. The Morgan fingerprint density at radius 2 is 1.75 bits per heavy atom. The lowest BCUT2D eigenvalue weighted by Crippen LogP contribution is -2.48. The smallest absolute Gasteiger partial charge is 0.255 e. The number of sulfonamides is 1. The molecule has 9 heteroatoms. The van der Waals surface area contributed by atoms with Gasteiger partial charge in [-0.3, -0.25) is 4.79 Å². The lowest BCUT2D eigenvalue weighted by Gasteiger charge is -2.34. The molecule has 0 spiro atoms. The molecule has 2 aromatic rings. The second-order valence-electron chi connectivity index (χ2n) is 6.66. The van der Waals surface area contributed by atoms with Crippen molar-refractivity contribution in [2.45, 2.75) is 31.0 Å². The molecule has 1 heterocycles. The molecule has 3 rings (SSSR count). The van der Waals surface area contributed by atoms with E-state index in [0.29, 0.717) is 0 Å². The predicted octanol–water partition coefficient (Wildman–Crippen LogP) is 3.53. The van der Waals surface area contributed by atoms with Gasteiger partial charge in [0.05, 0.1) is 27.8 Å².